The smallest absolute Gasteiger partial charge is 0.350 e. The van der Waals surface area contributed by atoms with E-state index in [0.29, 0.717) is 62.7 Å². The van der Waals surface area contributed by atoms with Crippen molar-refractivity contribution < 1.29 is 130 Å². The number of fused-ring (bicyclic) bond motifs is 4. The number of Topliss-reactive ketones (excluding diaryl/α,β-unsaturated/α-hetero) is 1. The normalized spacial score (nSPS) is 41.2. The van der Waals surface area contributed by atoms with Crippen LogP contribution in [0.3, 0.4) is 0 Å². The van der Waals surface area contributed by atoms with Crippen LogP contribution in [0.1, 0.15) is 170 Å². The van der Waals surface area contributed by atoms with E-state index in [-0.39, 0.29) is 91.0 Å². The molecule has 1 aromatic heterocycles. The molecule has 30 atom stereocenters. The molecule has 0 aliphatic carbocycles. The number of aliphatic hydroxyl groups excluding tert-OH is 5. The number of thioether (sulfide) groups is 5. The van der Waals surface area contributed by atoms with Crippen LogP contribution in [-0.2, 0) is 86.7 Å². The third kappa shape index (κ3) is 27.5. The number of ether oxygens (including phenoxy) is 12. The minimum Gasteiger partial charge on any atom is -0.395 e. The highest BCUT2D eigenvalue weighted by Gasteiger charge is 2.61. The zero-order chi connectivity index (χ0) is 85.9. The molecular weight excluding hydrogens is 1660 g/mol. The van der Waals surface area contributed by atoms with Crippen LogP contribution < -0.4 is 11.4 Å². The molecule has 7 N–H and O–H groups in total. The number of aromatic nitrogens is 2. The van der Waals surface area contributed by atoms with E-state index in [1.165, 1.54) is 44.0 Å². The number of nitrogens with two attached hydrogens (primary N) is 1. The second kappa shape index (κ2) is 44.8. The predicted molar refractivity (Wildman–Crippen MR) is 437 cm³/mol. The van der Waals surface area contributed by atoms with Gasteiger partial charge in [-0.05, 0) is 103 Å². The van der Waals surface area contributed by atoms with Crippen molar-refractivity contribution in [2.24, 2.45) is 47.3 Å². The molecule has 0 spiro atoms. The van der Waals surface area contributed by atoms with E-state index >= 15 is 0 Å². The minimum atomic E-state index is -3.53. The fourth-order valence-corrected chi connectivity index (χ4v) is 25.0. The van der Waals surface area contributed by atoms with Crippen molar-refractivity contribution in [2.45, 2.75) is 322 Å². The maximum Gasteiger partial charge on any atom is 0.350 e. The number of carbonyl (C=O) groups is 1. The Morgan fingerprint density at radius 3 is 1.65 bits per heavy atom. The molecule has 13 saturated heterocycles. The molecule has 26 nitrogen and oxygen atoms in total. The number of alkyl halides is 6. The van der Waals surface area contributed by atoms with Gasteiger partial charge in [0.25, 0.3) is 22.0 Å². The van der Waals surface area contributed by atoms with E-state index in [1.54, 1.807) is 34.8 Å². The summed E-state index contributed by atoms with van der Waals surface area (Å²) in [6, 6.07) is 1.22. The highest BCUT2D eigenvalue weighted by atomic mass is 32.2. The van der Waals surface area contributed by atoms with Gasteiger partial charge in [0.05, 0.1) is 78.8 Å². The average Bonchev–Trinajstić information content (AvgIpc) is 1.62. The fourth-order valence-electron chi connectivity index (χ4n) is 15.1. The molecule has 674 valence electrons. The highest BCUT2D eigenvalue weighted by molar-refractivity contribution is 8.01. The van der Waals surface area contributed by atoms with Gasteiger partial charge in [-0.1, -0.05) is 90.5 Å². The van der Waals surface area contributed by atoms with Gasteiger partial charge in [0.2, 0.25) is 0 Å². The predicted octanol–water partition coefficient (Wildman–Crippen LogP) is 10.8. The Bertz CT molecular complexity index is 3340. The molecule has 13 fully saturated rings. The van der Waals surface area contributed by atoms with Gasteiger partial charge >= 0.3 is 11.6 Å². The van der Waals surface area contributed by atoms with Crippen molar-refractivity contribution >= 4 is 91.3 Å². The number of rotatable bonds is 13. The Morgan fingerprint density at radius 1 is 0.652 bits per heavy atom. The van der Waals surface area contributed by atoms with E-state index < -0.39 is 140 Å². The first-order valence-electron chi connectivity index (χ1n) is 39.3. The van der Waals surface area contributed by atoms with E-state index in [0.717, 1.165) is 61.7 Å². The Labute approximate surface area is 700 Å². The third-order valence-electron chi connectivity index (χ3n) is 22.5. The van der Waals surface area contributed by atoms with Crippen LogP contribution in [-0.4, -0.2) is 282 Å². The lowest BCUT2D eigenvalue weighted by atomic mass is 9.91. The standard InChI is InChI=1S/C12H20O6.C9H11F2N3O3S.C9H18O5S.C9H16O4.C8H14O2S.C7H12F2OS.C7H12F2S.C7H14OS.C7H12OS.CH4/c1-11(2)14-5-6(16-11)8-7(13)9-10(15-8)18-12(3,4)17-9;10-9(11)6(16)4(3-15)18-7(9)14-2-1-5(12)13-8(14)17;1-5-7-6(2)8(9(12-3)13-7)14-15(4,10)11;1-5-6(4-10)11-8-7(5)12-9(2,3)13-8;1-5-6-3-10-8(9-2)7(5)11-4-6;1-3-6-5(2)7(8,9)4-11(6)10;1-3-6-5(2)7(8,9)4-10-6;2*1-3-7-5(2)6(8)4-9-7;/h6-10,13H,5H2,1-4H3;1-2,4,6-7,15-16H,3H2,(H2,12,13,17);6-9H,5H2,1-4H3;5-8,10H,4H2,1-3H3;5-8H,3-4H2,1-2H3;5-6H,3-4H2,1-2H3;5-6H,3-4H2,1-2H3;5-8H,3-4H2,1-2H3;5,7H,3-4H2,1-2H3;1H4/t6-,7+,8-,9-,10-;4-,6-,7-;6-,7+,8+,9+;5-,6+,7+,8+;5-,6?,7?,8+;5-,6-,11?;5-,6-;5-,6+,7+;5-,7+;/m110001100./s1. The van der Waals surface area contributed by atoms with E-state index in [4.69, 9.17) is 77.0 Å². The number of hydrogen-bond donors (Lipinski definition) is 6. The lowest BCUT2D eigenvalue weighted by Crippen LogP contribution is -2.42. The molecule has 2 bridgehead atoms. The first-order chi connectivity index (χ1) is 53.0. The van der Waals surface area contributed by atoms with Gasteiger partial charge in [0.1, 0.15) is 54.3 Å². The van der Waals surface area contributed by atoms with Crippen molar-refractivity contribution in [3.05, 3.63) is 22.7 Å². The lowest BCUT2D eigenvalue weighted by Gasteiger charge is -2.32. The van der Waals surface area contributed by atoms with Gasteiger partial charge < -0.3 is 88.1 Å². The summed E-state index contributed by atoms with van der Waals surface area (Å²) < 4.78 is 184. The molecule has 0 amide bonds. The summed E-state index contributed by atoms with van der Waals surface area (Å²) in [5.41, 5.74) is 4.35. The molecule has 3 unspecified atom stereocenters. The number of carbonyl (C=O) groups excluding carboxylic acids is 1. The molecule has 14 heterocycles. The molecule has 0 saturated carbocycles. The van der Waals surface area contributed by atoms with Gasteiger partial charge in [0.15, 0.2) is 47.9 Å². The zero-order valence-electron chi connectivity index (χ0n) is 69.5. The van der Waals surface area contributed by atoms with Gasteiger partial charge in [0, 0.05) is 87.6 Å². The maximum absolute atomic E-state index is 13.8. The first-order valence-corrected chi connectivity index (χ1v) is 47.6. The Morgan fingerprint density at radius 2 is 1.25 bits per heavy atom. The zero-order valence-corrected chi connectivity index (χ0v) is 75.2. The van der Waals surface area contributed by atoms with Crippen LogP contribution >= 0.6 is 58.8 Å². The topological polar surface area (TPSA) is 350 Å². The van der Waals surface area contributed by atoms with Crippen LogP contribution in [0, 0.1) is 47.3 Å². The number of hydrogen-bond acceptors (Lipinski definition) is 30. The van der Waals surface area contributed by atoms with Gasteiger partial charge in [-0.15, -0.1) is 23.5 Å². The number of aliphatic hydroxyl groups is 5. The quantitative estimate of drug-likeness (QED) is 0.0789. The van der Waals surface area contributed by atoms with Crippen LogP contribution in [0.15, 0.2) is 17.1 Å². The number of ketones is 1. The monoisotopic (exact) mass is 1790 g/mol. The highest BCUT2D eigenvalue weighted by Crippen LogP contribution is 2.52. The second-order valence-corrected chi connectivity index (χ2v) is 41.7. The summed E-state index contributed by atoms with van der Waals surface area (Å²) in [5, 5.41) is 46.0. The fraction of sp³-hybridized carbons (Fsp3) is 0.934. The summed E-state index contributed by atoms with van der Waals surface area (Å²) in [6.07, 6.45) is 0.551. The van der Waals surface area contributed by atoms with E-state index in [9.17, 15) is 63.9 Å². The van der Waals surface area contributed by atoms with Crippen LogP contribution in [0.2, 0.25) is 0 Å². The molecule has 13 aliphatic heterocycles. The summed E-state index contributed by atoms with van der Waals surface area (Å²) in [7, 11) is -1.57. The molecule has 1 aromatic rings. The lowest BCUT2D eigenvalue weighted by molar-refractivity contribution is -0.232. The number of halogens is 6. The molecule has 13 aliphatic rings. The maximum atomic E-state index is 13.8. The summed E-state index contributed by atoms with van der Waals surface area (Å²) in [6.45, 7) is 35.4. The molecule has 39 heteroatoms. The number of nitrogen functional groups attached to an aromatic ring is 1. The van der Waals surface area contributed by atoms with Gasteiger partial charge in [-0.2, -0.15) is 48.7 Å². The Hall–Kier alpha value is -0.940. The van der Waals surface area contributed by atoms with Crippen molar-refractivity contribution in [3.63, 3.8) is 0 Å². The average molecular weight is 1800 g/mol. The van der Waals surface area contributed by atoms with Crippen molar-refractivity contribution in [1.82, 2.24) is 9.55 Å². The van der Waals surface area contributed by atoms with Gasteiger partial charge in [-0.25, -0.2) is 31.1 Å². The SMILES string of the molecule is C.CC1(C)O[C@H]2O[C@H]([C@H]3COC(C)(C)O3)[C@H](O)[C@H]2O1.CC[C@@H]1[C@@H](C)C(F)(F)CS1=O.CC[C@H]1O[C@@H](OC)[C@H](OS(C)(=O)=O)[C@H]1C.CC[C@H]1SCC(=O)[C@@H]1C.CC[C@H]1SCC(F)(F)[C@@H]1C.CC[C@H]1SC[C@@H](O)[C@@H]1C.CO[C@@H]1OCC2CSC1[C@H]2C.C[C@@H]1[C@H]2OC(C)(C)O[C@H]2O[C@@H]1CO.Nc1ccn([C@@H]2S[C@H](CO)[C@@H](O)C2(F)F)c(=O)n1. The minimum absolute atomic E-state index is 0. The molecule has 115 heavy (non-hydrogen) atoms. The van der Waals surface area contributed by atoms with Crippen LogP contribution in [0.4, 0.5) is 32.2 Å². The third-order valence-corrected chi connectivity index (χ3v) is 33.5. The molecule has 0 radical (unpaired) electrons. The van der Waals surface area contributed by atoms with Crippen LogP contribution in [0.5, 0.6) is 0 Å². The number of methoxy groups -OCH3 is 2. The van der Waals surface area contributed by atoms with E-state index in [2.05, 4.69) is 32.7 Å². The summed E-state index contributed by atoms with van der Waals surface area (Å²) in [5.74, 6) is -6.20. The van der Waals surface area contributed by atoms with Crippen LogP contribution in [0.25, 0.3) is 0 Å². The van der Waals surface area contributed by atoms with E-state index in [1.807, 2.05) is 97.6 Å². The first kappa shape index (κ1) is 105. The summed E-state index contributed by atoms with van der Waals surface area (Å²) >= 11 is 7.76. The molecular formula is C76H133F6N3O23S7. The van der Waals surface area contributed by atoms with Crippen molar-refractivity contribution in [2.75, 3.05) is 81.4 Å². The summed E-state index contributed by atoms with van der Waals surface area (Å²) in [4.78, 5) is 25.8. The van der Waals surface area contributed by atoms with Crippen molar-refractivity contribution in [1.29, 1.82) is 0 Å². The Kier molecular flexibility index (Phi) is 40.7. The Balaban J connectivity index is 0.000000233. The van der Waals surface area contributed by atoms with Crippen molar-refractivity contribution in [3.8, 4) is 0 Å². The number of anilines is 1. The van der Waals surface area contributed by atoms with Gasteiger partial charge in [-0.3, -0.25) is 17.8 Å². The largest absolute Gasteiger partial charge is 0.395 e. The second-order valence-electron chi connectivity index (χ2n) is 32.2. The number of nitrogens with zero attached hydrogens (tertiary/aromatic N) is 2. The molecule has 0 aromatic carbocycles. The molecule has 14 rings (SSSR count).